The van der Waals surface area contributed by atoms with Crippen molar-refractivity contribution in [2.24, 2.45) is 5.92 Å². The Morgan fingerprint density at radius 1 is 1.67 bits per heavy atom. The molecule has 0 aliphatic carbocycles. The molecule has 1 aromatic rings. The van der Waals surface area contributed by atoms with Gasteiger partial charge in [0.2, 0.25) is 0 Å². The van der Waals surface area contributed by atoms with E-state index in [9.17, 15) is 4.79 Å². The molecule has 15 heavy (non-hydrogen) atoms. The molecule has 0 aromatic carbocycles. The number of hydrogen-bond donors (Lipinski definition) is 2. The van der Waals surface area contributed by atoms with E-state index in [1.807, 2.05) is 0 Å². The maximum atomic E-state index is 11.3. The molecule has 84 valence electrons. The number of ether oxygens (including phenoxy) is 1. The molecule has 0 unspecified atom stereocenters. The Morgan fingerprint density at radius 2 is 2.47 bits per heavy atom. The van der Waals surface area contributed by atoms with Crippen LogP contribution in [0.3, 0.4) is 0 Å². The largest absolute Gasteiger partial charge is 0.379 e. The van der Waals surface area contributed by atoms with Crippen LogP contribution in [0.4, 0.5) is 0 Å². The number of aromatic nitrogens is 3. The summed E-state index contributed by atoms with van der Waals surface area (Å²) in [7, 11) is 0. The van der Waals surface area contributed by atoms with Gasteiger partial charge in [-0.15, -0.1) is 0 Å². The molecule has 0 spiro atoms. The van der Waals surface area contributed by atoms with Crippen LogP contribution in [0.5, 0.6) is 0 Å². The first-order valence-electron chi connectivity index (χ1n) is 4.92. The Balaban J connectivity index is 2.08. The Hall–Kier alpha value is -1.43. The van der Waals surface area contributed by atoms with Crippen molar-refractivity contribution < 1.29 is 9.53 Å². The van der Waals surface area contributed by atoms with Crippen LogP contribution in [0.15, 0.2) is 6.20 Å². The van der Waals surface area contributed by atoms with Gasteiger partial charge in [-0.25, -0.2) is 0 Å². The first-order valence-corrected chi connectivity index (χ1v) is 4.92. The molecule has 0 fully saturated rings. The first-order chi connectivity index (χ1) is 7.20. The van der Waals surface area contributed by atoms with E-state index in [0.717, 1.165) is 0 Å². The van der Waals surface area contributed by atoms with Crippen molar-refractivity contribution in [1.82, 2.24) is 20.7 Å². The summed E-state index contributed by atoms with van der Waals surface area (Å²) in [6, 6.07) is 0. The predicted molar refractivity (Wildman–Crippen MR) is 54.4 cm³/mol. The maximum Gasteiger partial charge on any atom is 0.273 e. The SMILES string of the molecule is CC(C)COCCNC(=O)c1cn[nH]n1. The third kappa shape index (κ3) is 4.55. The number of aromatic amines is 1. The summed E-state index contributed by atoms with van der Waals surface area (Å²) < 4.78 is 5.30. The highest BCUT2D eigenvalue weighted by Crippen LogP contribution is 1.91. The monoisotopic (exact) mass is 212 g/mol. The van der Waals surface area contributed by atoms with Gasteiger partial charge in [-0.05, 0) is 5.92 Å². The van der Waals surface area contributed by atoms with Gasteiger partial charge in [-0.3, -0.25) is 4.79 Å². The van der Waals surface area contributed by atoms with Gasteiger partial charge in [0.15, 0.2) is 5.69 Å². The normalized spacial score (nSPS) is 10.6. The Morgan fingerprint density at radius 3 is 3.07 bits per heavy atom. The lowest BCUT2D eigenvalue weighted by atomic mass is 10.2. The van der Waals surface area contributed by atoms with Crippen LogP contribution in [-0.4, -0.2) is 41.1 Å². The first kappa shape index (κ1) is 11.6. The standard InChI is InChI=1S/C9H16N4O2/c1-7(2)6-15-4-3-10-9(14)8-5-11-13-12-8/h5,7H,3-4,6H2,1-2H3,(H,10,14)(H,11,12,13). The lowest BCUT2D eigenvalue weighted by Crippen LogP contribution is -2.27. The van der Waals surface area contributed by atoms with Crippen molar-refractivity contribution in [3.05, 3.63) is 11.9 Å². The fourth-order valence-electron chi connectivity index (χ4n) is 0.957. The summed E-state index contributed by atoms with van der Waals surface area (Å²) in [6.45, 7) is 5.86. The number of carbonyl (C=O) groups is 1. The van der Waals surface area contributed by atoms with E-state index in [2.05, 4.69) is 34.6 Å². The van der Waals surface area contributed by atoms with E-state index in [-0.39, 0.29) is 5.91 Å². The number of nitrogens with zero attached hydrogens (tertiary/aromatic N) is 2. The van der Waals surface area contributed by atoms with E-state index in [1.165, 1.54) is 6.20 Å². The van der Waals surface area contributed by atoms with Crippen molar-refractivity contribution in [1.29, 1.82) is 0 Å². The minimum Gasteiger partial charge on any atom is -0.379 e. The minimum absolute atomic E-state index is 0.239. The highest BCUT2D eigenvalue weighted by atomic mass is 16.5. The van der Waals surface area contributed by atoms with Crippen LogP contribution in [0.1, 0.15) is 24.3 Å². The number of carbonyl (C=O) groups excluding carboxylic acids is 1. The highest BCUT2D eigenvalue weighted by molar-refractivity contribution is 5.91. The Bertz CT molecular complexity index is 284. The van der Waals surface area contributed by atoms with Gasteiger partial charge in [0.1, 0.15) is 0 Å². The smallest absolute Gasteiger partial charge is 0.273 e. The van der Waals surface area contributed by atoms with Gasteiger partial charge in [0, 0.05) is 13.2 Å². The van der Waals surface area contributed by atoms with Gasteiger partial charge < -0.3 is 10.1 Å². The average Bonchev–Trinajstić information content (AvgIpc) is 2.69. The second kappa shape index (κ2) is 6.13. The molecule has 1 aromatic heterocycles. The lowest BCUT2D eigenvalue weighted by Gasteiger charge is -2.06. The van der Waals surface area contributed by atoms with E-state index in [4.69, 9.17) is 4.74 Å². The van der Waals surface area contributed by atoms with E-state index in [1.54, 1.807) is 0 Å². The molecule has 0 radical (unpaired) electrons. The number of hydrogen-bond acceptors (Lipinski definition) is 4. The molecule has 1 amide bonds. The molecule has 1 heterocycles. The van der Waals surface area contributed by atoms with Crippen molar-refractivity contribution in [3.8, 4) is 0 Å². The summed E-state index contributed by atoms with van der Waals surface area (Å²) in [5, 5.41) is 12.2. The molecule has 0 saturated heterocycles. The van der Waals surface area contributed by atoms with Gasteiger partial charge in [0.05, 0.1) is 12.8 Å². The van der Waals surface area contributed by atoms with Crippen molar-refractivity contribution in [3.63, 3.8) is 0 Å². The third-order valence-corrected chi connectivity index (χ3v) is 1.63. The zero-order valence-electron chi connectivity index (χ0n) is 8.99. The molecule has 6 nitrogen and oxygen atoms in total. The molecule has 0 aliphatic rings. The molecule has 6 heteroatoms. The summed E-state index contributed by atoms with van der Waals surface area (Å²) in [5.74, 6) is 0.271. The number of amides is 1. The Kier molecular flexibility index (Phi) is 4.76. The van der Waals surface area contributed by atoms with Crippen LogP contribution >= 0.6 is 0 Å². The van der Waals surface area contributed by atoms with Crippen LogP contribution < -0.4 is 5.32 Å². The predicted octanol–water partition coefficient (Wildman–Crippen LogP) is 0.207. The van der Waals surface area contributed by atoms with Crippen molar-refractivity contribution >= 4 is 5.91 Å². The number of nitrogens with one attached hydrogen (secondary N) is 2. The summed E-state index contributed by atoms with van der Waals surface area (Å²) >= 11 is 0. The fourth-order valence-corrected chi connectivity index (χ4v) is 0.957. The van der Waals surface area contributed by atoms with E-state index in [0.29, 0.717) is 31.4 Å². The van der Waals surface area contributed by atoms with E-state index < -0.39 is 0 Å². The Labute approximate surface area is 88.4 Å². The van der Waals surface area contributed by atoms with Crippen LogP contribution in [0, 0.1) is 5.92 Å². The van der Waals surface area contributed by atoms with Crippen LogP contribution in [0.2, 0.25) is 0 Å². The third-order valence-electron chi connectivity index (χ3n) is 1.63. The minimum atomic E-state index is -0.239. The fraction of sp³-hybridized carbons (Fsp3) is 0.667. The quantitative estimate of drug-likeness (QED) is 0.660. The molecule has 0 aliphatic heterocycles. The summed E-state index contributed by atoms with van der Waals surface area (Å²) in [5.41, 5.74) is 0.291. The zero-order chi connectivity index (χ0) is 11.1. The summed E-state index contributed by atoms with van der Waals surface area (Å²) in [4.78, 5) is 11.3. The highest BCUT2D eigenvalue weighted by Gasteiger charge is 2.06. The summed E-state index contributed by atoms with van der Waals surface area (Å²) in [6.07, 6.45) is 1.38. The van der Waals surface area contributed by atoms with E-state index >= 15 is 0 Å². The second-order valence-electron chi connectivity index (χ2n) is 3.58. The van der Waals surface area contributed by atoms with Crippen molar-refractivity contribution in [2.75, 3.05) is 19.8 Å². The van der Waals surface area contributed by atoms with Gasteiger partial charge >= 0.3 is 0 Å². The average molecular weight is 212 g/mol. The second-order valence-corrected chi connectivity index (χ2v) is 3.58. The van der Waals surface area contributed by atoms with Crippen molar-refractivity contribution in [2.45, 2.75) is 13.8 Å². The maximum absolute atomic E-state index is 11.3. The molecule has 0 bridgehead atoms. The molecule has 0 atom stereocenters. The number of H-pyrrole nitrogens is 1. The molecule has 1 rings (SSSR count). The van der Waals surface area contributed by atoms with Gasteiger partial charge in [-0.2, -0.15) is 15.4 Å². The molecular weight excluding hydrogens is 196 g/mol. The van der Waals surface area contributed by atoms with Crippen LogP contribution in [-0.2, 0) is 4.74 Å². The molecular formula is C9H16N4O2. The zero-order valence-corrected chi connectivity index (χ0v) is 8.99. The number of rotatable bonds is 6. The van der Waals surface area contributed by atoms with Gasteiger partial charge in [-0.1, -0.05) is 13.8 Å². The molecule has 0 saturated carbocycles. The van der Waals surface area contributed by atoms with Crippen LogP contribution in [0.25, 0.3) is 0 Å². The topological polar surface area (TPSA) is 79.9 Å². The molecule has 2 N–H and O–H groups in total. The lowest BCUT2D eigenvalue weighted by molar-refractivity contribution is 0.0882. The van der Waals surface area contributed by atoms with Gasteiger partial charge in [0.25, 0.3) is 5.91 Å².